The van der Waals surface area contributed by atoms with Crippen LogP contribution in [0.4, 0.5) is 0 Å². The molecule has 2 aromatic rings. The summed E-state index contributed by atoms with van der Waals surface area (Å²) in [7, 11) is -2.22. The van der Waals surface area contributed by atoms with Gasteiger partial charge in [0.15, 0.2) is 5.03 Å². The topological polar surface area (TPSA) is 101 Å². The SMILES string of the molecule is COc1cc(CNS(=O)(=O)c2ccc(CO)cn2)ccn1. The molecule has 0 saturated carbocycles. The van der Waals surface area contributed by atoms with Crippen LogP contribution < -0.4 is 9.46 Å². The normalized spacial score (nSPS) is 11.3. The molecule has 8 heteroatoms. The van der Waals surface area contributed by atoms with Crippen LogP contribution in [0.25, 0.3) is 0 Å². The number of nitrogens with one attached hydrogen (secondary N) is 1. The lowest BCUT2D eigenvalue weighted by atomic mass is 10.3. The minimum Gasteiger partial charge on any atom is -0.481 e. The molecule has 0 aliphatic carbocycles. The summed E-state index contributed by atoms with van der Waals surface area (Å²) >= 11 is 0. The third-order valence-electron chi connectivity index (χ3n) is 2.73. The Kier molecular flexibility index (Phi) is 4.84. The number of pyridine rings is 2. The van der Waals surface area contributed by atoms with Crippen LogP contribution in [0.15, 0.2) is 41.7 Å². The molecule has 0 aliphatic heterocycles. The second kappa shape index (κ2) is 6.61. The lowest BCUT2D eigenvalue weighted by molar-refractivity contribution is 0.281. The number of ether oxygens (including phenoxy) is 1. The Hall–Kier alpha value is -2.03. The highest BCUT2D eigenvalue weighted by atomic mass is 32.2. The zero-order valence-corrected chi connectivity index (χ0v) is 12.2. The first kappa shape index (κ1) is 15.4. The first-order valence-electron chi connectivity index (χ1n) is 6.09. The van der Waals surface area contributed by atoms with Gasteiger partial charge in [-0.25, -0.2) is 23.1 Å². The van der Waals surface area contributed by atoms with E-state index in [1.165, 1.54) is 31.6 Å². The molecule has 112 valence electrons. The van der Waals surface area contributed by atoms with Gasteiger partial charge in [0, 0.05) is 25.0 Å². The third kappa shape index (κ3) is 3.97. The smallest absolute Gasteiger partial charge is 0.258 e. The molecule has 7 nitrogen and oxygen atoms in total. The van der Waals surface area contributed by atoms with Crippen LogP contribution in [0.3, 0.4) is 0 Å². The van der Waals surface area contributed by atoms with Crippen molar-refractivity contribution in [2.24, 2.45) is 0 Å². The van der Waals surface area contributed by atoms with Crippen LogP contribution in [0.1, 0.15) is 11.1 Å². The molecule has 0 fully saturated rings. The highest BCUT2D eigenvalue weighted by molar-refractivity contribution is 7.89. The molecule has 0 atom stereocenters. The fourth-order valence-corrected chi connectivity index (χ4v) is 2.53. The van der Waals surface area contributed by atoms with Crippen LogP contribution in [0.2, 0.25) is 0 Å². The van der Waals surface area contributed by atoms with E-state index in [-0.39, 0.29) is 18.2 Å². The molecular weight excluding hydrogens is 294 g/mol. The molecule has 2 aromatic heterocycles. The van der Waals surface area contributed by atoms with Crippen molar-refractivity contribution in [3.05, 3.63) is 47.8 Å². The van der Waals surface area contributed by atoms with Gasteiger partial charge < -0.3 is 9.84 Å². The first-order chi connectivity index (χ1) is 10.0. The Morgan fingerprint density at radius 1 is 1.24 bits per heavy atom. The van der Waals surface area contributed by atoms with E-state index >= 15 is 0 Å². The summed E-state index contributed by atoms with van der Waals surface area (Å²) in [4.78, 5) is 7.76. The second-order valence-electron chi connectivity index (χ2n) is 4.19. The molecule has 0 radical (unpaired) electrons. The molecule has 21 heavy (non-hydrogen) atoms. The van der Waals surface area contributed by atoms with Crippen molar-refractivity contribution >= 4 is 10.0 Å². The molecule has 0 saturated heterocycles. The highest BCUT2D eigenvalue weighted by Gasteiger charge is 2.15. The number of hydrogen-bond donors (Lipinski definition) is 2. The number of methoxy groups -OCH3 is 1. The van der Waals surface area contributed by atoms with Crippen LogP contribution in [-0.4, -0.2) is 30.6 Å². The van der Waals surface area contributed by atoms with Gasteiger partial charge in [0.25, 0.3) is 10.0 Å². The highest BCUT2D eigenvalue weighted by Crippen LogP contribution is 2.11. The maximum absolute atomic E-state index is 12.1. The minimum atomic E-state index is -3.71. The molecule has 0 aliphatic rings. The Labute approximate surface area is 122 Å². The molecule has 0 spiro atoms. The van der Waals surface area contributed by atoms with Gasteiger partial charge >= 0.3 is 0 Å². The fraction of sp³-hybridized carbons (Fsp3) is 0.231. The van der Waals surface area contributed by atoms with Gasteiger partial charge in [0.05, 0.1) is 13.7 Å². The summed E-state index contributed by atoms with van der Waals surface area (Å²) in [6.07, 6.45) is 2.86. The van der Waals surface area contributed by atoms with E-state index in [1.807, 2.05) is 0 Å². The summed E-state index contributed by atoms with van der Waals surface area (Å²) in [5.41, 5.74) is 1.27. The quantitative estimate of drug-likeness (QED) is 0.803. The van der Waals surface area contributed by atoms with Gasteiger partial charge in [-0.2, -0.15) is 0 Å². The zero-order chi connectivity index (χ0) is 15.3. The number of aliphatic hydroxyl groups excluding tert-OH is 1. The largest absolute Gasteiger partial charge is 0.481 e. The van der Waals surface area contributed by atoms with Crippen LogP contribution >= 0.6 is 0 Å². The van der Waals surface area contributed by atoms with Gasteiger partial charge in [0.1, 0.15) is 0 Å². The summed E-state index contributed by atoms with van der Waals surface area (Å²) in [5.74, 6) is 0.414. The van der Waals surface area contributed by atoms with Gasteiger partial charge in [-0.1, -0.05) is 6.07 Å². The molecule has 0 aromatic carbocycles. The lowest BCUT2D eigenvalue weighted by Crippen LogP contribution is -2.24. The third-order valence-corrected chi connectivity index (χ3v) is 4.05. The van der Waals surface area contributed by atoms with E-state index in [0.717, 1.165) is 5.56 Å². The van der Waals surface area contributed by atoms with Gasteiger partial charge in [-0.3, -0.25) is 0 Å². The van der Waals surface area contributed by atoms with E-state index < -0.39 is 10.0 Å². The van der Waals surface area contributed by atoms with E-state index in [4.69, 9.17) is 9.84 Å². The second-order valence-corrected chi connectivity index (χ2v) is 5.91. The van der Waals surface area contributed by atoms with Crippen molar-refractivity contribution in [1.29, 1.82) is 0 Å². The van der Waals surface area contributed by atoms with Gasteiger partial charge in [0.2, 0.25) is 5.88 Å². The number of aromatic nitrogens is 2. The summed E-state index contributed by atoms with van der Waals surface area (Å²) in [6, 6.07) is 6.19. The summed E-state index contributed by atoms with van der Waals surface area (Å²) in [5, 5.41) is 8.81. The number of nitrogens with zero attached hydrogens (tertiary/aromatic N) is 2. The first-order valence-corrected chi connectivity index (χ1v) is 7.58. The number of aliphatic hydroxyl groups is 1. The van der Waals surface area contributed by atoms with Crippen molar-refractivity contribution in [2.45, 2.75) is 18.2 Å². The lowest BCUT2D eigenvalue weighted by Gasteiger charge is -2.07. The van der Waals surface area contributed by atoms with Crippen molar-refractivity contribution in [3.63, 3.8) is 0 Å². The Bertz CT molecular complexity index is 702. The standard InChI is InChI=1S/C13H15N3O4S/c1-20-12-6-10(4-5-14-12)8-16-21(18,19)13-3-2-11(9-17)7-15-13/h2-7,16-17H,8-9H2,1H3. The monoisotopic (exact) mass is 309 g/mol. The summed E-state index contributed by atoms with van der Waals surface area (Å²) in [6.45, 7) is -0.0811. The Morgan fingerprint density at radius 2 is 2.05 bits per heavy atom. The van der Waals surface area contributed by atoms with Gasteiger partial charge in [-0.05, 0) is 23.3 Å². The van der Waals surface area contributed by atoms with E-state index in [9.17, 15) is 8.42 Å². The average molecular weight is 309 g/mol. The van der Waals surface area contributed by atoms with Crippen LogP contribution in [0, 0.1) is 0 Å². The summed E-state index contributed by atoms with van der Waals surface area (Å²) < 4.78 is 31.6. The fourth-order valence-electron chi connectivity index (χ4n) is 1.59. The van der Waals surface area contributed by atoms with Crippen LogP contribution in [0.5, 0.6) is 5.88 Å². The van der Waals surface area contributed by atoms with Crippen molar-refractivity contribution in [1.82, 2.24) is 14.7 Å². The average Bonchev–Trinajstić information content (AvgIpc) is 2.53. The maximum atomic E-state index is 12.1. The van der Waals surface area contributed by atoms with E-state index in [1.54, 1.807) is 12.1 Å². The number of hydrogen-bond acceptors (Lipinski definition) is 6. The van der Waals surface area contributed by atoms with Crippen LogP contribution in [-0.2, 0) is 23.2 Å². The zero-order valence-electron chi connectivity index (χ0n) is 11.4. The molecule has 0 amide bonds. The van der Waals surface area contributed by atoms with E-state index in [0.29, 0.717) is 11.4 Å². The molecule has 2 N–H and O–H groups in total. The molecule has 0 unspecified atom stereocenters. The molecule has 2 heterocycles. The Morgan fingerprint density at radius 3 is 2.67 bits per heavy atom. The maximum Gasteiger partial charge on any atom is 0.258 e. The van der Waals surface area contributed by atoms with Gasteiger partial charge in [-0.15, -0.1) is 0 Å². The number of rotatable bonds is 6. The van der Waals surface area contributed by atoms with E-state index in [2.05, 4.69) is 14.7 Å². The Balaban J connectivity index is 2.09. The van der Waals surface area contributed by atoms with Crippen molar-refractivity contribution in [2.75, 3.05) is 7.11 Å². The predicted octanol–water partition coefficient (Wildman–Crippen LogP) is 0.456. The molecule has 0 bridgehead atoms. The number of sulfonamides is 1. The molecule has 2 rings (SSSR count). The van der Waals surface area contributed by atoms with Crippen molar-refractivity contribution < 1.29 is 18.3 Å². The molecular formula is C13H15N3O4S. The minimum absolute atomic E-state index is 0.0966. The predicted molar refractivity (Wildman–Crippen MR) is 75.0 cm³/mol. The van der Waals surface area contributed by atoms with Crippen molar-refractivity contribution in [3.8, 4) is 5.88 Å².